The van der Waals surface area contributed by atoms with Gasteiger partial charge in [0.15, 0.2) is 5.88 Å². The molecular formula is C8H10BNO3. The SMILES string of the molecule is C=CCOB(O)Oc1ccccn1. The van der Waals surface area contributed by atoms with E-state index in [9.17, 15) is 0 Å². The van der Waals surface area contributed by atoms with Gasteiger partial charge in [0.1, 0.15) is 0 Å². The molecule has 1 rings (SSSR count). The normalized spacial score (nSPS) is 9.31. The maximum Gasteiger partial charge on any atom is 0.711 e. The highest BCUT2D eigenvalue weighted by atomic mass is 16.7. The molecule has 4 nitrogen and oxygen atoms in total. The van der Waals surface area contributed by atoms with Gasteiger partial charge in [-0.25, -0.2) is 4.98 Å². The van der Waals surface area contributed by atoms with Crippen LogP contribution in [0.1, 0.15) is 0 Å². The minimum absolute atomic E-state index is 0.230. The molecule has 0 spiro atoms. The molecule has 1 aromatic heterocycles. The van der Waals surface area contributed by atoms with Crippen LogP contribution in [0.5, 0.6) is 5.88 Å². The first-order chi connectivity index (χ1) is 6.33. The van der Waals surface area contributed by atoms with Crippen LogP contribution in [0.25, 0.3) is 0 Å². The van der Waals surface area contributed by atoms with E-state index in [1.54, 1.807) is 24.4 Å². The fraction of sp³-hybridized carbons (Fsp3) is 0.125. The van der Waals surface area contributed by atoms with Gasteiger partial charge in [-0.3, -0.25) is 0 Å². The third-order valence-electron chi connectivity index (χ3n) is 1.22. The number of aromatic nitrogens is 1. The smallest absolute Gasteiger partial charge is 0.497 e. The zero-order valence-electron chi connectivity index (χ0n) is 7.09. The van der Waals surface area contributed by atoms with Crippen molar-refractivity contribution in [3.8, 4) is 5.88 Å². The van der Waals surface area contributed by atoms with Crippen LogP contribution >= 0.6 is 0 Å². The summed E-state index contributed by atoms with van der Waals surface area (Å²) in [6.07, 6.45) is 3.08. The van der Waals surface area contributed by atoms with Gasteiger partial charge in [0.05, 0.1) is 6.61 Å². The van der Waals surface area contributed by atoms with Crippen molar-refractivity contribution in [2.75, 3.05) is 6.61 Å². The monoisotopic (exact) mass is 179 g/mol. The second-order valence-corrected chi connectivity index (χ2v) is 2.21. The molecule has 0 atom stereocenters. The maximum atomic E-state index is 9.10. The summed E-state index contributed by atoms with van der Waals surface area (Å²) in [4.78, 5) is 3.84. The van der Waals surface area contributed by atoms with Gasteiger partial charge >= 0.3 is 7.32 Å². The van der Waals surface area contributed by atoms with E-state index < -0.39 is 7.32 Å². The Bertz CT molecular complexity index is 255. The lowest BCUT2D eigenvalue weighted by molar-refractivity contribution is 0.212. The van der Waals surface area contributed by atoms with Crippen LogP contribution in [0.2, 0.25) is 0 Å². The van der Waals surface area contributed by atoms with Crippen molar-refractivity contribution in [3.05, 3.63) is 37.1 Å². The van der Waals surface area contributed by atoms with Crippen molar-refractivity contribution in [1.82, 2.24) is 4.98 Å². The summed E-state index contributed by atoms with van der Waals surface area (Å²) in [6, 6.07) is 5.13. The second kappa shape index (κ2) is 5.34. The van der Waals surface area contributed by atoms with Gasteiger partial charge < -0.3 is 14.3 Å². The number of nitrogens with zero attached hydrogens (tertiary/aromatic N) is 1. The number of pyridine rings is 1. The summed E-state index contributed by atoms with van der Waals surface area (Å²) >= 11 is 0. The van der Waals surface area contributed by atoms with Gasteiger partial charge in [-0.15, -0.1) is 6.58 Å². The molecule has 0 fully saturated rings. The standard InChI is InChI=1S/C8H10BNO3/c1-2-7-12-9(11)13-8-5-3-4-6-10-8/h2-6,11H,1,7H2. The van der Waals surface area contributed by atoms with E-state index in [4.69, 9.17) is 14.3 Å². The summed E-state index contributed by atoms with van der Waals surface area (Å²) in [5, 5.41) is 9.10. The molecular weight excluding hydrogens is 169 g/mol. The van der Waals surface area contributed by atoms with E-state index in [1.165, 1.54) is 6.08 Å². The van der Waals surface area contributed by atoms with E-state index >= 15 is 0 Å². The molecule has 0 unspecified atom stereocenters. The summed E-state index contributed by atoms with van der Waals surface area (Å²) in [6.45, 7) is 3.66. The second-order valence-electron chi connectivity index (χ2n) is 2.21. The first-order valence-electron chi connectivity index (χ1n) is 3.81. The molecule has 0 bridgehead atoms. The molecule has 1 aromatic rings. The highest BCUT2D eigenvalue weighted by molar-refractivity contribution is 6.35. The highest BCUT2D eigenvalue weighted by Crippen LogP contribution is 2.03. The van der Waals surface area contributed by atoms with Crippen LogP contribution < -0.4 is 4.65 Å². The third kappa shape index (κ3) is 3.73. The number of rotatable bonds is 5. The molecule has 68 valence electrons. The van der Waals surface area contributed by atoms with Crippen molar-refractivity contribution < 1.29 is 14.3 Å². The Hall–Kier alpha value is -1.33. The van der Waals surface area contributed by atoms with Crippen molar-refractivity contribution in [1.29, 1.82) is 0 Å². The Labute approximate surface area is 77.0 Å². The van der Waals surface area contributed by atoms with E-state index in [-0.39, 0.29) is 6.61 Å². The Morgan fingerprint density at radius 2 is 2.46 bits per heavy atom. The van der Waals surface area contributed by atoms with E-state index in [2.05, 4.69) is 11.6 Å². The van der Waals surface area contributed by atoms with Gasteiger partial charge in [-0.1, -0.05) is 12.1 Å². The van der Waals surface area contributed by atoms with Gasteiger partial charge in [0.2, 0.25) is 0 Å². The zero-order valence-corrected chi connectivity index (χ0v) is 7.09. The summed E-state index contributed by atoms with van der Waals surface area (Å²) in [5.74, 6) is 0.319. The van der Waals surface area contributed by atoms with Crippen molar-refractivity contribution in [2.24, 2.45) is 0 Å². The van der Waals surface area contributed by atoms with Crippen LogP contribution in [0, 0.1) is 0 Å². The molecule has 13 heavy (non-hydrogen) atoms. The van der Waals surface area contributed by atoms with Crippen LogP contribution in [-0.4, -0.2) is 23.9 Å². The highest BCUT2D eigenvalue weighted by Gasteiger charge is 2.17. The topological polar surface area (TPSA) is 51.6 Å². The van der Waals surface area contributed by atoms with Gasteiger partial charge in [0.25, 0.3) is 0 Å². The van der Waals surface area contributed by atoms with Gasteiger partial charge in [-0.05, 0) is 12.1 Å². The average Bonchev–Trinajstić information content (AvgIpc) is 2.16. The zero-order chi connectivity index (χ0) is 9.52. The summed E-state index contributed by atoms with van der Waals surface area (Å²) < 4.78 is 9.66. The Morgan fingerprint density at radius 1 is 1.62 bits per heavy atom. The minimum atomic E-state index is -1.30. The van der Waals surface area contributed by atoms with Crippen molar-refractivity contribution >= 4 is 7.32 Å². The summed E-state index contributed by atoms with van der Waals surface area (Å²) in [7, 11) is -1.30. The molecule has 0 amide bonds. The minimum Gasteiger partial charge on any atom is -0.497 e. The molecule has 5 heteroatoms. The quantitative estimate of drug-likeness (QED) is 0.532. The first-order valence-corrected chi connectivity index (χ1v) is 3.81. The van der Waals surface area contributed by atoms with Gasteiger partial charge in [-0.2, -0.15) is 0 Å². The predicted octanol–water partition coefficient (Wildman–Crippen LogP) is 0.640. The van der Waals surface area contributed by atoms with Gasteiger partial charge in [0, 0.05) is 6.20 Å². The lowest BCUT2D eigenvalue weighted by Crippen LogP contribution is -2.26. The number of hydrogen-bond donors (Lipinski definition) is 1. The first kappa shape index (κ1) is 9.76. The molecule has 0 aromatic carbocycles. The molecule has 0 saturated heterocycles. The molecule has 0 saturated carbocycles. The third-order valence-corrected chi connectivity index (χ3v) is 1.22. The molecule has 0 aliphatic rings. The Kier molecular flexibility index (Phi) is 4.01. The molecule has 0 aliphatic heterocycles. The summed E-state index contributed by atoms with van der Waals surface area (Å²) in [5.41, 5.74) is 0. The van der Waals surface area contributed by atoms with Crippen LogP contribution in [-0.2, 0) is 4.65 Å². The van der Waals surface area contributed by atoms with E-state index in [1.807, 2.05) is 0 Å². The maximum absolute atomic E-state index is 9.10. The van der Waals surface area contributed by atoms with Crippen LogP contribution in [0.3, 0.4) is 0 Å². The fourth-order valence-corrected chi connectivity index (χ4v) is 0.704. The number of hydrogen-bond acceptors (Lipinski definition) is 4. The van der Waals surface area contributed by atoms with Crippen LogP contribution in [0.15, 0.2) is 37.1 Å². The lowest BCUT2D eigenvalue weighted by Gasteiger charge is -2.06. The predicted molar refractivity (Wildman–Crippen MR) is 49.0 cm³/mol. The fourth-order valence-electron chi connectivity index (χ4n) is 0.704. The Morgan fingerprint density at radius 3 is 3.08 bits per heavy atom. The molecule has 1 N–H and O–H groups in total. The lowest BCUT2D eigenvalue weighted by atomic mass is 10.2. The molecule has 0 radical (unpaired) electrons. The molecule has 0 aliphatic carbocycles. The van der Waals surface area contributed by atoms with Crippen molar-refractivity contribution in [2.45, 2.75) is 0 Å². The molecule has 1 heterocycles. The average molecular weight is 179 g/mol. The van der Waals surface area contributed by atoms with E-state index in [0.717, 1.165) is 0 Å². The van der Waals surface area contributed by atoms with E-state index in [0.29, 0.717) is 5.88 Å². The van der Waals surface area contributed by atoms with Crippen LogP contribution in [0.4, 0.5) is 0 Å². The largest absolute Gasteiger partial charge is 0.711 e. The Balaban J connectivity index is 2.36. The van der Waals surface area contributed by atoms with Crippen molar-refractivity contribution in [3.63, 3.8) is 0 Å².